The van der Waals surface area contributed by atoms with Gasteiger partial charge in [0.15, 0.2) is 5.13 Å². The second-order valence-electron chi connectivity index (χ2n) is 3.89. The zero-order chi connectivity index (χ0) is 13.0. The zero-order valence-electron chi connectivity index (χ0n) is 9.65. The number of thiazole rings is 1. The van der Waals surface area contributed by atoms with Gasteiger partial charge in [0, 0.05) is 4.88 Å². The molecule has 0 aromatic carbocycles. The molecule has 2 N–H and O–H groups in total. The van der Waals surface area contributed by atoms with Gasteiger partial charge in [0.2, 0.25) is 0 Å². The average molecular weight is 264 g/mol. The number of hydrogen-bond acceptors (Lipinski definition) is 5. The van der Waals surface area contributed by atoms with Crippen LogP contribution in [0.1, 0.15) is 23.4 Å². The summed E-state index contributed by atoms with van der Waals surface area (Å²) in [6, 6.07) is 1.73. The monoisotopic (exact) mass is 264 g/mol. The van der Waals surface area contributed by atoms with Gasteiger partial charge in [0.05, 0.1) is 11.8 Å². The van der Waals surface area contributed by atoms with E-state index in [0.29, 0.717) is 5.13 Å². The van der Waals surface area contributed by atoms with Gasteiger partial charge < -0.3 is 5.32 Å². The van der Waals surface area contributed by atoms with Gasteiger partial charge in [-0.3, -0.25) is 14.9 Å². The first-order valence-electron chi connectivity index (χ1n) is 5.65. The summed E-state index contributed by atoms with van der Waals surface area (Å²) in [5.41, 5.74) is 1.03. The van der Waals surface area contributed by atoms with Crippen molar-refractivity contribution in [3.05, 3.63) is 10.6 Å². The molecule has 0 radical (unpaired) electrons. The van der Waals surface area contributed by atoms with Gasteiger partial charge in [-0.15, -0.1) is 11.3 Å². The molecule has 1 aliphatic rings. The third-order valence-corrected chi connectivity index (χ3v) is 3.67. The molecule has 0 fully saturated rings. The number of rotatable bonds is 2. The molecule has 2 rings (SSSR count). The number of carbonyl (C=O) groups excluding carboxylic acids is 2. The SMILES string of the molecule is N#CCNC(=O)C(=O)Nc1nc2c(s1)CCCC2. The number of aryl methyl sites for hydroxylation is 2. The molecule has 18 heavy (non-hydrogen) atoms. The predicted octanol–water partition coefficient (Wildman–Crippen LogP) is 0.600. The van der Waals surface area contributed by atoms with Gasteiger partial charge in [0.1, 0.15) is 6.54 Å². The Labute approximate surface area is 108 Å². The highest BCUT2D eigenvalue weighted by atomic mass is 32.1. The summed E-state index contributed by atoms with van der Waals surface area (Å²) in [4.78, 5) is 28.2. The lowest BCUT2D eigenvalue weighted by molar-refractivity contribution is -0.136. The van der Waals surface area contributed by atoms with Crippen LogP contribution in [0.5, 0.6) is 0 Å². The van der Waals surface area contributed by atoms with Crippen LogP contribution in [0.15, 0.2) is 0 Å². The van der Waals surface area contributed by atoms with Gasteiger partial charge in [-0.25, -0.2) is 4.98 Å². The van der Waals surface area contributed by atoms with Crippen molar-refractivity contribution in [1.82, 2.24) is 10.3 Å². The fourth-order valence-corrected chi connectivity index (χ4v) is 2.80. The van der Waals surface area contributed by atoms with E-state index in [1.165, 1.54) is 16.2 Å². The topological polar surface area (TPSA) is 94.9 Å². The summed E-state index contributed by atoms with van der Waals surface area (Å²) in [5.74, 6) is -1.60. The molecule has 0 saturated carbocycles. The molecule has 0 unspecified atom stereocenters. The van der Waals surface area contributed by atoms with E-state index in [-0.39, 0.29) is 6.54 Å². The van der Waals surface area contributed by atoms with E-state index in [9.17, 15) is 9.59 Å². The predicted molar refractivity (Wildman–Crippen MR) is 66.0 cm³/mol. The van der Waals surface area contributed by atoms with E-state index in [0.717, 1.165) is 31.4 Å². The molecule has 1 aromatic rings. The molecule has 0 aliphatic heterocycles. The minimum atomic E-state index is -0.815. The summed E-state index contributed by atoms with van der Waals surface area (Å²) >= 11 is 1.42. The van der Waals surface area contributed by atoms with E-state index in [1.807, 2.05) is 0 Å². The average Bonchev–Trinajstić information content (AvgIpc) is 2.77. The van der Waals surface area contributed by atoms with Crippen LogP contribution < -0.4 is 10.6 Å². The highest BCUT2D eigenvalue weighted by molar-refractivity contribution is 7.16. The number of anilines is 1. The first-order chi connectivity index (χ1) is 8.70. The normalized spacial score (nSPS) is 13.3. The maximum atomic E-state index is 11.5. The Bertz CT molecular complexity index is 494. The highest BCUT2D eigenvalue weighted by Gasteiger charge is 2.19. The van der Waals surface area contributed by atoms with Crippen LogP contribution in [-0.4, -0.2) is 23.3 Å². The number of hydrogen-bond donors (Lipinski definition) is 2. The molecule has 1 aliphatic carbocycles. The standard InChI is InChI=1S/C11H12N4O2S/c12-5-6-13-9(16)10(17)15-11-14-7-3-1-2-4-8(7)18-11/h1-4,6H2,(H,13,16)(H,14,15,17). The Morgan fingerprint density at radius 1 is 1.33 bits per heavy atom. The first kappa shape index (κ1) is 12.5. The largest absolute Gasteiger partial charge is 0.335 e. The highest BCUT2D eigenvalue weighted by Crippen LogP contribution is 2.29. The number of aromatic nitrogens is 1. The van der Waals surface area contributed by atoms with E-state index in [1.54, 1.807) is 6.07 Å². The van der Waals surface area contributed by atoms with Crippen molar-refractivity contribution in [3.63, 3.8) is 0 Å². The molecule has 2 amide bonds. The third kappa shape index (κ3) is 2.84. The van der Waals surface area contributed by atoms with E-state index in [4.69, 9.17) is 5.26 Å². The van der Waals surface area contributed by atoms with Gasteiger partial charge in [-0.2, -0.15) is 5.26 Å². The van der Waals surface area contributed by atoms with Crippen molar-refractivity contribution in [2.24, 2.45) is 0 Å². The summed E-state index contributed by atoms with van der Waals surface area (Å²) in [6.45, 7) is -0.180. The Morgan fingerprint density at radius 3 is 2.83 bits per heavy atom. The van der Waals surface area contributed by atoms with Crippen molar-refractivity contribution in [1.29, 1.82) is 5.26 Å². The Morgan fingerprint density at radius 2 is 2.11 bits per heavy atom. The summed E-state index contributed by atoms with van der Waals surface area (Å²) in [6.07, 6.45) is 4.18. The number of fused-ring (bicyclic) bond motifs is 1. The molecule has 1 aromatic heterocycles. The molecule has 0 bridgehead atoms. The second-order valence-corrected chi connectivity index (χ2v) is 4.97. The third-order valence-electron chi connectivity index (χ3n) is 2.60. The first-order valence-corrected chi connectivity index (χ1v) is 6.47. The lowest BCUT2D eigenvalue weighted by atomic mass is 10.0. The number of carbonyl (C=O) groups is 2. The van der Waals surface area contributed by atoms with Crippen LogP contribution >= 0.6 is 11.3 Å². The van der Waals surface area contributed by atoms with E-state index in [2.05, 4.69) is 15.6 Å². The van der Waals surface area contributed by atoms with Crippen molar-refractivity contribution >= 4 is 28.3 Å². The van der Waals surface area contributed by atoms with Crippen molar-refractivity contribution in [2.75, 3.05) is 11.9 Å². The van der Waals surface area contributed by atoms with E-state index >= 15 is 0 Å². The van der Waals surface area contributed by atoms with Crippen LogP contribution in [0.3, 0.4) is 0 Å². The Kier molecular flexibility index (Phi) is 3.89. The van der Waals surface area contributed by atoms with Gasteiger partial charge in [-0.05, 0) is 25.7 Å². The number of amides is 2. The maximum absolute atomic E-state index is 11.5. The second kappa shape index (κ2) is 5.60. The Balaban J connectivity index is 1.97. The lowest BCUT2D eigenvalue weighted by Gasteiger charge is -2.06. The number of nitrogens with zero attached hydrogens (tertiary/aromatic N) is 2. The molecule has 0 spiro atoms. The molecule has 1 heterocycles. The summed E-state index contributed by atoms with van der Waals surface area (Å²) in [5, 5.41) is 13.4. The molecular formula is C11H12N4O2S. The summed E-state index contributed by atoms with van der Waals surface area (Å²) < 4.78 is 0. The van der Waals surface area contributed by atoms with E-state index < -0.39 is 11.8 Å². The van der Waals surface area contributed by atoms with Gasteiger partial charge in [0.25, 0.3) is 0 Å². The van der Waals surface area contributed by atoms with Gasteiger partial charge >= 0.3 is 11.8 Å². The minimum absolute atomic E-state index is 0.180. The number of nitrogens with one attached hydrogen (secondary N) is 2. The lowest BCUT2D eigenvalue weighted by Crippen LogP contribution is -2.35. The van der Waals surface area contributed by atoms with Crippen LogP contribution in [0, 0.1) is 11.3 Å². The van der Waals surface area contributed by atoms with Crippen LogP contribution in [0.2, 0.25) is 0 Å². The van der Waals surface area contributed by atoms with Crippen molar-refractivity contribution in [3.8, 4) is 6.07 Å². The summed E-state index contributed by atoms with van der Waals surface area (Å²) in [7, 11) is 0. The smallest absolute Gasteiger partial charge is 0.315 e. The molecule has 94 valence electrons. The van der Waals surface area contributed by atoms with Crippen LogP contribution in [0.4, 0.5) is 5.13 Å². The molecule has 7 heteroatoms. The number of nitriles is 1. The molecule has 0 atom stereocenters. The van der Waals surface area contributed by atoms with Crippen LogP contribution in [0.25, 0.3) is 0 Å². The molecular weight excluding hydrogens is 252 g/mol. The maximum Gasteiger partial charge on any atom is 0.315 e. The van der Waals surface area contributed by atoms with Gasteiger partial charge in [-0.1, -0.05) is 0 Å². The fraction of sp³-hybridized carbons (Fsp3) is 0.455. The molecule has 0 saturated heterocycles. The van der Waals surface area contributed by atoms with Crippen LogP contribution in [-0.2, 0) is 22.4 Å². The zero-order valence-corrected chi connectivity index (χ0v) is 10.5. The minimum Gasteiger partial charge on any atom is -0.335 e. The quantitative estimate of drug-likeness (QED) is 0.604. The van der Waals surface area contributed by atoms with Crippen molar-refractivity contribution < 1.29 is 9.59 Å². The fourth-order valence-electron chi connectivity index (χ4n) is 1.76. The molecule has 6 nitrogen and oxygen atoms in total. The van der Waals surface area contributed by atoms with Crippen molar-refractivity contribution in [2.45, 2.75) is 25.7 Å². The Hall–Kier alpha value is -1.94.